The van der Waals surface area contributed by atoms with E-state index >= 15 is 0 Å². The van der Waals surface area contributed by atoms with Crippen molar-refractivity contribution in [3.63, 3.8) is 0 Å². The van der Waals surface area contributed by atoms with Gasteiger partial charge in [0.2, 0.25) is 0 Å². The summed E-state index contributed by atoms with van der Waals surface area (Å²) in [4.78, 5) is 15.4. The maximum absolute atomic E-state index is 12.1. The Labute approximate surface area is 120 Å². The van der Waals surface area contributed by atoms with Crippen molar-refractivity contribution in [3.8, 4) is 0 Å². The minimum absolute atomic E-state index is 0.0189. The van der Waals surface area contributed by atoms with Crippen LogP contribution in [0.3, 0.4) is 0 Å². The number of nitrogens with one attached hydrogen (secondary N) is 1. The van der Waals surface area contributed by atoms with E-state index in [0.717, 1.165) is 24.5 Å². The van der Waals surface area contributed by atoms with Gasteiger partial charge in [-0.15, -0.1) is 22.7 Å². The van der Waals surface area contributed by atoms with Crippen LogP contribution in [0.25, 0.3) is 0 Å². The maximum atomic E-state index is 12.1. The third-order valence-electron chi connectivity index (χ3n) is 2.65. The van der Waals surface area contributed by atoms with Gasteiger partial charge in [-0.1, -0.05) is 11.6 Å². The highest BCUT2D eigenvalue weighted by Crippen LogP contribution is 2.27. The fourth-order valence-corrected chi connectivity index (χ4v) is 3.75. The highest BCUT2D eigenvalue weighted by atomic mass is 35.5. The molecule has 0 bridgehead atoms. The molecule has 2 aromatic rings. The monoisotopic (exact) mass is 299 g/mol. The first-order valence-corrected chi connectivity index (χ1v) is 7.61. The van der Waals surface area contributed by atoms with Crippen LogP contribution < -0.4 is 5.32 Å². The zero-order chi connectivity index (χ0) is 13.3. The standard InChI is InChI=1S/C13H14ClNOS2/c1-7-6-10(9(3)17-7)13(16)15-8(2)11-4-5-12(14)18-11/h4-6,8H,1-3H3,(H,15,16)/t8-/m1/s1. The van der Waals surface area contributed by atoms with Crippen molar-refractivity contribution in [1.82, 2.24) is 5.32 Å². The third kappa shape index (κ3) is 2.94. The summed E-state index contributed by atoms with van der Waals surface area (Å²) in [5, 5.41) is 3.00. The van der Waals surface area contributed by atoms with Crippen molar-refractivity contribution in [2.45, 2.75) is 26.8 Å². The molecule has 18 heavy (non-hydrogen) atoms. The van der Waals surface area contributed by atoms with Crippen molar-refractivity contribution in [3.05, 3.63) is 42.7 Å². The van der Waals surface area contributed by atoms with Gasteiger partial charge in [-0.25, -0.2) is 0 Å². The van der Waals surface area contributed by atoms with E-state index in [1.807, 2.05) is 39.0 Å². The second kappa shape index (κ2) is 5.43. The summed E-state index contributed by atoms with van der Waals surface area (Å²) in [5.41, 5.74) is 0.770. The Morgan fingerprint density at radius 1 is 1.33 bits per heavy atom. The SMILES string of the molecule is Cc1cc(C(=O)N[C@H](C)c2ccc(Cl)s2)c(C)s1. The van der Waals surface area contributed by atoms with Gasteiger partial charge in [-0.2, -0.15) is 0 Å². The first kappa shape index (κ1) is 13.6. The Hall–Kier alpha value is -0.840. The number of rotatable bonds is 3. The fourth-order valence-electron chi connectivity index (χ4n) is 1.76. The molecule has 0 saturated heterocycles. The summed E-state index contributed by atoms with van der Waals surface area (Å²) >= 11 is 9.04. The van der Waals surface area contributed by atoms with E-state index in [4.69, 9.17) is 11.6 Å². The van der Waals surface area contributed by atoms with E-state index in [1.54, 1.807) is 11.3 Å². The lowest BCUT2D eigenvalue weighted by atomic mass is 10.2. The molecule has 2 rings (SSSR count). The van der Waals surface area contributed by atoms with Gasteiger partial charge >= 0.3 is 0 Å². The second-order valence-electron chi connectivity index (χ2n) is 4.16. The molecule has 1 amide bonds. The molecule has 1 atom stereocenters. The van der Waals surface area contributed by atoms with E-state index < -0.39 is 0 Å². The minimum Gasteiger partial charge on any atom is -0.345 e. The fraction of sp³-hybridized carbons (Fsp3) is 0.308. The third-order valence-corrected chi connectivity index (χ3v) is 5.03. The topological polar surface area (TPSA) is 29.1 Å². The molecule has 0 radical (unpaired) electrons. The minimum atomic E-state index is -0.0196. The number of hydrogen-bond acceptors (Lipinski definition) is 3. The average molecular weight is 300 g/mol. The molecule has 2 nitrogen and oxygen atoms in total. The number of hydrogen-bond donors (Lipinski definition) is 1. The molecule has 0 unspecified atom stereocenters. The summed E-state index contributed by atoms with van der Waals surface area (Å²) in [6.07, 6.45) is 0. The average Bonchev–Trinajstić information content (AvgIpc) is 2.84. The van der Waals surface area contributed by atoms with Crippen LogP contribution >= 0.6 is 34.3 Å². The molecule has 0 aliphatic carbocycles. The van der Waals surface area contributed by atoms with Crippen molar-refractivity contribution in [2.75, 3.05) is 0 Å². The molecule has 0 aliphatic rings. The van der Waals surface area contributed by atoms with Crippen LogP contribution in [0.1, 0.15) is 38.0 Å². The summed E-state index contributed by atoms with van der Waals surface area (Å²) < 4.78 is 0.744. The molecule has 2 heterocycles. The Morgan fingerprint density at radius 2 is 2.06 bits per heavy atom. The van der Waals surface area contributed by atoms with Crippen LogP contribution in [0.4, 0.5) is 0 Å². The number of aryl methyl sites for hydroxylation is 2. The molecule has 2 aromatic heterocycles. The number of amides is 1. The number of carbonyl (C=O) groups is 1. The molecule has 0 fully saturated rings. The Balaban J connectivity index is 2.10. The van der Waals surface area contributed by atoms with Crippen LogP contribution in [0, 0.1) is 13.8 Å². The molecular formula is C13H14ClNOS2. The van der Waals surface area contributed by atoms with Crippen LogP contribution in [-0.2, 0) is 0 Å². The largest absolute Gasteiger partial charge is 0.345 e. The zero-order valence-electron chi connectivity index (χ0n) is 10.4. The zero-order valence-corrected chi connectivity index (χ0v) is 12.8. The van der Waals surface area contributed by atoms with Gasteiger partial charge in [-0.3, -0.25) is 4.79 Å². The predicted octanol–water partition coefficient (Wildman–Crippen LogP) is 4.57. The second-order valence-corrected chi connectivity index (χ2v) is 7.37. The molecular weight excluding hydrogens is 286 g/mol. The van der Waals surface area contributed by atoms with E-state index in [-0.39, 0.29) is 11.9 Å². The van der Waals surface area contributed by atoms with Gasteiger partial charge in [0.1, 0.15) is 0 Å². The van der Waals surface area contributed by atoms with Gasteiger partial charge in [0.15, 0.2) is 0 Å². The van der Waals surface area contributed by atoms with E-state index in [9.17, 15) is 4.79 Å². The lowest BCUT2D eigenvalue weighted by molar-refractivity contribution is 0.0940. The van der Waals surface area contributed by atoms with E-state index in [0.29, 0.717) is 0 Å². The lowest BCUT2D eigenvalue weighted by Crippen LogP contribution is -2.26. The first-order valence-electron chi connectivity index (χ1n) is 5.60. The van der Waals surface area contributed by atoms with E-state index in [2.05, 4.69) is 5.32 Å². The van der Waals surface area contributed by atoms with Crippen molar-refractivity contribution in [2.24, 2.45) is 0 Å². The highest BCUT2D eigenvalue weighted by molar-refractivity contribution is 7.16. The van der Waals surface area contributed by atoms with Crippen molar-refractivity contribution >= 4 is 40.2 Å². The molecule has 0 aromatic carbocycles. The maximum Gasteiger partial charge on any atom is 0.252 e. The first-order chi connectivity index (χ1) is 8.47. The predicted molar refractivity (Wildman–Crippen MR) is 79.0 cm³/mol. The molecule has 0 spiro atoms. The molecule has 96 valence electrons. The van der Waals surface area contributed by atoms with Crippen molar-refractivity contribution < 1.29 is 4.79 Å². The van der Waals surface area contributed by atoms with Gasteiger partial charge in [-0.05, 0) is 39.0 Å². The molecule has 0 aliphatic heterocycles. The summed E-state index contributed by atoms with van der Waals surface area (Å²) in [6, 6.07) is 5.71. The lowest BCUT2D eigenvalue weighted by Gasteiger charge is -2.11. The summed E-state index contributed by atoms with van der Waals surface area (Å²) in [5.74, 6) is -0.0196. The van der Waals surface area contributed by atoms with Gasteiger partial charge in [0, 0.05) is 14.6 Å². The van der Waals surface area contributed by atoms with Crippen LogP contribution in [-0.4, -0.2) is 5.91 Å². The molecule has 5 heteroatoms. The molecule has 1 N–H and O–H groups in total. The smallest absolute Gasteiger partial charge is 0.252 e. The molecule has 0 saturated carbocycles. The summed E-state index contributed by atoms with van der Waals surface area (Å²) in [6.45, 7) is 5.95. The summed E-state index contributed by atoms with van der Waals surface area (Å²) in [7, 11) is 0. The highest BCUT2D eigenvalue weighted by Gasteiger charge is 2.16. The van der Waals surface area contributed by atoms with Gasteiger partial charge in [0.25, 0.3) is 5.91 Å². The Morgan fingerprint density at radius 3 is 2.56 bits per heavy atom. The normalized spacial score (nSPS) is 12.4. The number of carbonyl (C=O) groups excluding carboxylic acids is 1. The van der Waals surface area contributed by atoms with E-state index in [1.165, 1.54) is 11.3 Å². The van der Waals surface area contributed by atoms with Crippen LogP contribution in [0.2, 0.25) is 4.34 Å². The quantitative estimate of drug-likeness (QED) is 0.883. The van der Waals surface area contributed by atoms with Gasteiger partial charge < -0.3 is 5.32 Å². The number of thiophene rings is 2. The Bertz CT molecular complexity index is 573. The van der Waals surface area contributed by atoms with Crippen LogP contribution in [0.5, 0.6) is 0 Å². The van der Waals surface area contributed by atoms with Crippen LogP contribution in [0.15, 0.2) is 18.2 Å². The van der Waals surface area contributed by atoms with Gasteiger partial charge in [0.05, 0.1) is 15.9 Å². The Kier molecular flexibility index (Phi) is 4.10. The number of halogens is 1. The van der Waals surface area contributed by atoms with Crippen molar-refractivity contribution in [1.29, 1.82) is 0 Å².